The van der Waals surface area contributed by atoms with Gasteiger partial charge in [-0.15, -0.1) is 0 Å². The molecule has 0 radical (unpaired) electrons. The van der Waals surface area contributed by atoms with Gasteiger partial charge in [0.25, 0.3) is 0 Å². The van der Waals surface area contributed by atoms with E-state index in [2.05, 4.69) is 39.3 Å². The molecule has 0 atom stereocenters. The van der Waals surface area contributed by atoms with Crippen molar-refractivity contribution in [2.45, 2.75) is 39.4 Å². The van der Waals surface area contributed by atoms with Crippen molar-refractivity contribution in [2.24, 2.45) is 5.92 Å². The van der Waals surface area contributed by atoms with Crippen LogP contribution < -0.4 is 4.72 Å². The van der Waals surface area contributed by atoms with Crippen LogP contribution in [0.3, 0.4) is 0 Å². The van der Waals surface area contributed by atoms with Gasteiger partial charge in [-0.25, -0.2) is 0 Å². The van der Waals surface area contributed by atoms with Crippen molar-refractivity contribution in [1.82, 2.24) is 4.72 Å². The predicted molar refractivity (Wildman–Crippen MR) is 50.2 cm³/mol. The Kier molecular flexibility index (Phi) is 4.37. The Hall–Kier alpha value is 0.310. The summed E-state index contributed by atoms with van der Waals surface area (Å²) < 4.78 is 3.68. The fourth-order valence-corrected chi connectivity index (χ4v) is 1.27. The summed E-state index contributed by atoms with van der Waals surface area (Å²) in [6.45, 7) is 12.2. The van der Waals surface area contributed by atoms with Gasteiger partial charge in [0, 0.05) is 11.3 Å². The Labute approximate surface area is 69.1 Å². The van der Waals surface area contributed by atoms with Crippen LogP contribution in [0.5, 0.6) is 0 Å². The minimum Gasteiger partial charge on any atom is -0.263 e. The topological polar surface area (TPSA) is 12.0 Å². The molecule has 0 aliphatic heterocycles. The summed E-state index contributed by atoms with van der Waals surface area (Å²) in [5, 5.41) is 0. The van der Waals surface area contributed by atoms with Crippen LogP contribution >= 0.6 is 11.9 Å². The molecule has 0 aromatic rings. The van der Waals surface area contributed by atoms with Gasteiger partial charge < -0.3 is 0 Å². The van der Waals surface area contributed by atoms with Crippen molar-refractivity contribution in [3.05, 3.63) is 0 Å². The van der Waals surface area contributed by atoms with E-state index in [1.807, 2.05) is 11.9 Å². The summed E-state index contributed by atoms with van der Waals surface area (Å²) in [7, 11) is 0. The maximum atomic E-state index is 3.34. The Morgan fingerprint density at radius 3 is 2.10 bits per heavy atom. The molecule has 0 aromatic heterocycles. The Morgan fingerprint density at radius 1 is 1.30 bits per heavy atom. The summed E-state index contributed by atoms with van der Waals surface area (Å²) in [5.74, 6) is 0.745. The second kappa shape index (κ2) is 4.24. The van der Waals surface area contributed by atoms with Crippen LogP contribution in [0.4, 0.5) is 0 Å². The summed E-state index contributed by atoms with van der Waals surface area (Å²) in [4.78, 5) is 0. The van der Waals surface area contributed by atoms with Crippen molar-refractivity contribution in [2.75, 3.05) is 6.54 Å². The standard InChI is InChI=1S/C8H19NS/c1-7(2)6-9-10-8(3,4)5/h7,9H,6H2,1-5H3. The van der Waals surface area contributed by atoms with Crippen LogP contribution in [-0.4, -0.2) is 11.3 Å². The zero-order valence-corrected chi connectivity index (χ0v) is 8.51. The maximum absolute atomic E-state index is 3.34. The molecule has 1 N–H and O–H groups in total. The van der Waals surface area contributed by atoms with Gasteiger partial charge in [-0.1, -0.05) is 25.8 Å². The van der Waals surface area contributed by atoms with Gasteiger partial charge >= 0.3 is 0 Å². The van der Waals surface area contributed by atoms with E-state index in [0.717, 1.165) is 12.5 Å². The molecule has 0 aromatic carbocycles. The SMILES string of the molecule is CC(C)CNSC(C)(C)C. The third-order valence-corrected chi connectivity index (χ3v) is 1.79. The molecule has 0 saturated carbocycles. The number of hydrogen-bond acceptors (Lipinski definition) is 2. The molecule has 0 aliphatic rings. The first-order valence-corrected chi connectivity index (χ1v) is 4.64. The van der Waals surface area contributed by atoms with Crippen molar-refractivity contribution < 1.29 is 0 Å². The van der Waals surface area contributed by atoms with E-state index in [0.29, 0.717) is 4.75 Å². The first kappa shape index (κ1) is 10.3. The zero-order chi connectivity index (χ0) is 8.20. The van der Waals surface area contributed by atoms with Crippen LogP contribution in [0.15, 0.2) is 0 Å². The lowest BCUT2D eigenvalue weighted by Gasteiger charge is -2.18. The molecule has 62 valence electrons. The van der Waals surface area contributed by atoms with Crippen LogP contribution in [0.25, 0.3) is 0 Å². The zero-order valence-electron chi connectivity index (χ0n) is 7.69. The Bertz CT molecular complexity index is 83.7. The van der Waals surface area contributed by atoms with Crippen molar-refractivity contribution in [3.8, 4) is 0 Å². The summed E-state index contributed by atoms with van der Waals surface area (Å²) >= 11 is 1.81. The van der Waals surface area contributed by atoms with E-state index in [1.165, 1.54) is 0 Å². The summed E-state index contributed by atoms with van der Waals surface area (Å²) in [6.07, 6.45) is 0. The number of rotatable bonds is 3. The molecule has 0 amide bonds. The largest absolute Gasteiger partial charge is 0.263 e. The minimum atomic E-state index is 0.342. The van der Waals surface area contributed by atoms with E-state index >= 15 is 0 Å². The quantitative estimate of drug-likeness (QED) is 0.639. The predicted octanol–water partition coefficient (Wildman–Crippen LogP) is 2.68. The lowest BCUT2D eigenvalue weighted by molar-refractivity contribution is 0.635. The first-order chi connectivity index (χ1) is 4.42. The fourth-order valence-electron chi connectivity index (χ4n) is 0.425. The van der Waals surface area contributed by atoms with E-state index in [9.17, 15) is 0 Å². The van der Waals surface area contributed by atoms with E-state index < -0.39 is 0 Å². The van der Waals surface area contributed by atoms with Crippen molar-refractivity contribution >= 4 is 11.9 Å². The molecular weight excluding hydrogens is 142 g/mol. The van der Waals surface area contributed by atoms with Crippen LogP contribution in [0.1, 0.15) is 34.6 Å². The Balaban J connectivity index is 3.21. The van der Waals surface area contributed by atoms with Crippen LogP contribution in [-0.2, 0) is 0 Å². The van der Waals surface area contributed by atoms with Gasteiger partial charge in [-0.3, -0.25) is 4.72 Å². The van der Waals surface area contributed by atoms with Crippen LogP contribution in [0, 0.1) is 5.92 Å². The lowest BCUT2D eigenvalue weighted by Crippen LogP contribution is -2.20. The number of hydrogen-bond donors (Lipinski definition) is 1. The molecule has 0 saturated heterocycles. The highest BCUT2D eigenvalue weighted by molar-refractivity contribution is 7.98. The molecule has 2 heteroatoms. The lowest BCUT2D eigenvalue weighted by atomic mass is 10.2. The Morgan fingerprint density at radius 2 is 1.80 bits per heavy atom. The van der Waals surface area contributed by atoms with Gasteiger partial charge in [0.15, 0.2) is 0 Å². The normalized spacial score (nSPS) is 12.6. The third-order valence-electron chi connectivity index (χ3n) is 0.870. The van der Waals surface area contributed by atoms with E-state index in [1.54, 1.807) is 0 Å². The van der Waals surface area contributed by atoms with Gasteiger partial charge in [0.05, 0.1) is 0 Å². The highest BCUT2D eigenvalue weighted by atomic mass is 32.2. The van der Waals surface area contributed by atoms with E-state index in [4.69, 9.17) is 0 Å². The average Bonchev–Trinajstić information content (AvgIpc) is 1.59. The fraction of sp³-hybridized carbons (Fsp3) is 1.00. The summed E-state index contributed by atoms with van der Waals surface area (Å²) in [5.41, 5.74) is 0. The molecular formula is C8H19NS. The van der Waals surface area contributed by atoms with E-state index in [-0.39, 0.29) is 0 Å². The highest BCUT2D eigenvalue weighted by Gasteiger charge is 2.09. The van der Waals surface area contributed by atoms with Crippen molar-refractivity contribution in [1.29, 1.82) is 0 Å². The molecule has 0 spiro atoms. The molecule has 0 unspecified atom stereocenters. The van der Waals surface area contributed by atoms with Crippen LogP contribution in [0.2, 0.25) is 0 Å². The average molecular weight is 161 g/mol. The van der Waals surface area contributed by atoms with Gasteiger partial charge in [-0.05, 0) is 26.7 Å². The molecule has 10 heavy (non-hydrogen) atoms. The molecule has 0 fully saturated rings. The molecule has 1 nitrogen and oxygen atoms in total. The molecule has 0 bridgehead atoms. The maximum Gasteiger partial charge on any atom is 0.0220 e. The second-order valence-corrected chi connectivity index (χ2v) is 5.67. The van der Waals surface area contributed by atoms with Gasteiger partial charge in [0.1, 0.15) is 0 Å². The second-order valence-electron chi connectivity index (χ2n) is 3.96. The number of nitrogens with one attached hydrogen (secondary N) is 1. The minimum absolute atomic E-state index is 0.342. The third kappa shape index (κ3) is 8.31. The first-order valence-electron chi connectivity index (χ1n) is 3.82. The monoisotopic (exact) mass is 161 g/mol. The highest BCUT2D eigenvalue weighted by Crippen LogP contribution is 2.19. The summed E-state index contributed by atoms with van der Waals surface area (Å²) in [6, 6.07) is 0. The molecule has 0 rings (SSSR count). The molecule has 0 heterocycles. The van der Waals surface area contributed by atoms with Gasteiger partial charge in [-0.2, -0.15) is 0 Å². The van der Waals surface area contributed by atoms with Gasteiger partial charge in [0.2, 0.25) is 0 Å². The smallest absolute Gasteiger partial charge is 0.0220 e. The molecule has 0 aliphatic carbocycles. The van der Waals surface area contributed by atoms with Crippen molar-refractivity contribution in [3.63, 3.8) is 0 Å².